The van der Waals surface area contributed by atoms with Crippen molar-refractivity contribution in [2.24, 2.45) is 0 Å². The van der Waals surface area contributed by atoms with E-state index in [1.807, 2.05) is 24.4 Å². The number of pyridine rings is 1. The third kappa shape index (κ3) is 3.81. The van der Waals surface area contributed by atoms with E-state index < -0.39 is 0 Å². The Morgan fingerprint density at radius 3 is 2.96 bits per heavy atom. The van der Waals surface area contributed by atoms with Gasteiger partial charge in [0.15, 0.2) is 0 Å². The maximum absolute atomic E-state index is 11.9. The number of benzene rings is 1. The normalized spacial score (nSPS) is 10.8. The number of anilines is 1. The molecule has 0 bridgehead atoms. The van der Waals surface area contributed by atoms with E-state index in [0.717, 1.165) is 22.9 Å². The van der Waals surface area contributed by atoms with Gasteiger partial charge in [0.1, 0.15) is 0 Å². The number of carbonyl (C=O) groups is 1. The summed E-state index contributed by atoms with van der Waals surface area (Å²) in [6, 6.07) is 9.26. The summed E-state index contributed by atoms with van der Waals surface area (Å²) in [6.45, 7) is 0.573. The minimum Gasteiger partial charge on any atom is -0.397 e. The van der Waals surface area contributed by atoms with Crippen molar-refractivity contribution in [1.29, 1.82) is 0 Å². The zero-order valence-corrected chi connectivity index (χ0v) is 13.2. The third-order valence-electron chi connectivity index (χ3n) is 3.64. The lowest BCUT2D eigenvalue weighted by Crippen LogP contribution is -2.27. The number of nitrogen functional groups attached to an aromatic ring is 1. The third-order valence-corrected chi connectivity index (χ3v) is 3.87. The minimum atomic E-state index is -0.0508. The Balaban J connectivity index is 1.54. The first kappa shape index (κ1) is 15.4. The van der Waals surface area contributed by atoms with Crippen LogP contribution >= 0.6 is 11.6 Å². The number of aromatic nitrogens is 2. The molecule has 0 aliphatic carbocycles. The van der Waals surface area contributed by atoms with E-state index in [0.29, 0.717) is 22.9 Å². The van der Waals surface area contributed by atoms with Crippen molar-refractivity contribution in [1.82, 2.24) is 15.3 Å². The SMILES string of the molecule is Nc1ccc(CC(=O)NCCc2c[nH]c3cc(Cl)ccc23)nc1. The highest BCUT2D eigenvalue weighted by atomic mass is 35.5. The van der Waals surface area contributed by atoms with E-state index in [9.17, 15) is 4.79 Å². The Morgan fingerprint density at radius 1 is 1.30 bits per heavy atom. The lowest BCUT2D eigenvalue weighted by atomic mass is 10.1. The van der Waals surface area contributed by atoms with Crippen LogP contribution in [0.2, 0.25) is 5.02 Å². The Kier molecular flexibility index (Phi) is 4.48. The standard InChI is InChI=1S/C17H17ClN4O/c18-12-1-4-15-11(9-22-16(15)7-12)5-6-20-17(23)8-14-3-2-13(19)10-21-14/h1-4,7,9-10,22H,5-6,8,19H2,(H,20,23). The molecular weight excluding hydrogens is 312 g/mol. The number of nitrogens with zero attached hydrogens (tertiary/aromatic N) is 1. The molecule has 0 atom stereocenters. The molecule has 0 unspecified atom stereocenters. The second kappa shape index (κ2) is 6.71. The highest BCUT2D eigenvalue weighted by Crippen LogP contribution is 2.22. The molecule has 0 saturated carbocycles. The van der Waals surface area contributed by atoms with Gasteiger partial charge in [0.25, 0.3) is 0 Å². The number of hydrogen-bond acceptors (Lipinski definition) is 3. The van der Waals surface area contributed by atoms with E-state index in [1.165, 1.54) is 0 Å². The largest absolute Gasteiger partial charge is 0.397 e. The van der Waals surface area contributed by atoms with Crippen LogP contribution in [0.5, 0.6) is 0 Å². The molecule has 23 heavy (non-hydrogen) atoms. The summed E-state index contributed by atoms with van der Waals surface area (Å²) in [7, 11) is 0. The van der Waals surface area contributed by atoms with Crippen LogP contribution in [-0.4, -0.2) is 22.4 Å². The molecule has 0 aliphatic rings. The summed E-state index contributed by atoms with van der Waals surface area (Å²) < 4.78 is 0. The molecule has 0 aliphatic heterocycles. The Bertz CT molecular complexity index is 826. The summed E-state index contributed by atoms with van der Waals surface area (Å²) in [4.78, 5) is 19.2. The van der Waals surface area contributed by atoms with Crippen LogP contribution in [-0.2, 0) is 17.6 Å². The van der Waals surface area contributed by atoms with E-state index in [-0.39, 0.29) is 12.3 Å². The van der Waals surface area contributed by atoms with Crippen LogP contribution in [0.25, 0.3) is 10.9 Å². The summed E-state index contributed by atoms with van der Waals surface area (Å²) in [5.41, 5.74) is 9.03. The molecule has 5 nitrogen and oxygen atoms in total. The zero-order valence-electron chi connectivity index (χ0n) is 12.5. The predicted molar refractivity (Wildman–Crippen MR) is 92.4 cm³/mol. The fourth-order valence-corrected chi connectivity index (χ4v) is 2.64. The number of carbonyl (C=O) groups excluding carboxylic acids is 1. The summed E-state index contributed by atoms with van der Waals surface area (Å²) in [5, 5.41) is 4.74. The molecule has 3 aromatic rings. The monoisotopic (exact) mass is 328 g/mol. The summed E-state index contributed by atoms with van der Waals surface area (Å²) in [6.07, 6.45) is 4.51. The molecule has 118 valence electrons. The van der Waals surface area contributed by atoms with Crippen molar-refractivity contribution in [3.8, 4) is 0 Å². The van der Waals surface area contributed by atoms with E-state index >= 15 is 0 Å². The maximum atomic E-state index is 11.9. The molecular formula is C17H17ClN4O. The predicted octanol–water partition coefficient (Wildman–Crippen LogP) is 2.70. The smallest absolute Gasteiger partial charge is 0.226 e. The maximum Gasteiger partial charge on any atom is 0.226 e. The summed E-state index contributed by atoms with van der Waals surface area (Å²) in [5.74, 6) is -0.0508. The fraction of sp³-hybridized carbons (Fsp3) is 0.176. The molecule has 2 heterocycles. The minimum absolute atomic E-state index is 0.0508. The van der Waals surface area contributed by atoms with Crippen molar-refractivity contribution in [3.63, 3.8) is 0 Å². The molecule has 3 rings (SSSR count). The van der Waals surface area contributed by atoms with Gasteiger partial charge in [0, 0.05) is 34.4 Å². The summed E-state index contributed by atoms with van der Waals surface area (Å²) >= 11 is 5.97. The van der Waals surface area contributed by atoms with Crippen molar-refractivity contribution >= 4 is 34.1 Å². The van der Waals surface area contributed by atoms with E-state index in [1.54, 1.807) is 18.3 Å². The van der Waals surface area contributed by atoms with Crippen molar-refractivity contribution in [2.75, 3.05) is 12.3 Å². The first-order valence-corrected chi connectivity index (χ1v) is 7.72. The van der Waals surface area contributed by atoms with Crippen LogP contribution in [0.3, 0.4) is 0 Å². The molecule has 0 saturated heterocycles. The molecule has 1 aromatic carbocycles. The molecule has 6 heteroatoms. The van der Waals surface area contributed by atoms with Crippen LogP contribution in [0, 0.1) is 0 Å². The number of H-pyrrole nitrogens is 1. The van der Waals surface area contributed by atoms with Crippen LogP contribution in [0.1, 0.15) is 11.3 Å². The van der Waals surface area contributed by atoms with E-state index in [2.05, 4.69) is 15.3 Å². The van der Waals surface area contributed by atoms with Gasteiger partial charge in [-0.1, -0.05) is 17.7 Å². The van der Waals surface area contributed by atoms with Gasteiger partial charge >= 0.3 is 0 Å². The lowest BCUT2D eigenvalue weighted by Gasteiger charge is -2.05. The van der Waals surface area contributed by atoms with Gasteiger partial charge in [-0.15, -0.1) is 0 Å². The molecule has 0 spiro atoms. The topological polar surface area (TPSA) is 83.8 Å². The van der Waals surface area contributed by atoms with Crippen molar-refractivity contribution < 1.29 is 4.79 Å². The Hall–Kier alpha value is -2.53. The van der Waals surface area contributed by atoms with Crippen molar-refractivity contribution in [3.05, 3.63) is 59.0 Å². The lowest BCUT2D eigenvalue weighted by molar-refractivity contribution is -0.120. The van der Waals surface area contributed by atoms with Crippen LogP contribution in [0.4, 0.5) is 5.69 Å². The number of rotatable bonds is 5. The van der Waals surface area contributed by atoms with Gasteiger partial charge in [-0.25, -0.2) is 0 Å². The number of nitrogens with one attached hydrogen (secondary N) is 2. The molecule has 4 N–H and O–H groups in total. The quantitative estimate of drug-likeness (QED) is 0.673. The average Bonchev–Trinajstić information content (AvgIpc) is 2.92. The number of fused-ring (bicyclic) bond motifs is 1. The molecule has 0 radical (unpaired) electrons. The first-order valence-electron chi connectivity index (χ1n) is 7.34. The van der Waals surface area contributed by atoms with Gasteiger partial charge in [0.05, 0.1) is 18.3 Å². The van der Waals surface area contributed by atoms with Crippen LogP contribution in [0.15, 0.2) is 42.7 Å². The first-order chi connectivity index (χ1) is 11.1. The Morgan fingerprint density at radius 2 is 2.17 bits per heavy atom. The highest BCUT2D eigenvalue weighted by molar-refractivity contribution is 6.31. The number of halogens is 1. The van der Waals surface area contributed by atoms with Crippen LogP contribution < -0.4 is 11.1 Å². The van der Waals surface area contributed by atoms with Gasteiger partial charge in [0.2, 0.25) is 5.91 Å². The Labute approximate surface area is 138 Å². The molecule has 1 amide bonds. The second-order valence-corrected chi connectivity index (χ2v) is 5.80. The number of nitrogens with two attached hydrogens (primary N) is 1. The van der Waals surface area contributed by atoms with Gasteiger partial charge < -0.3 is 16.0 Å². The van der Waals surface area contributed by atoms with Gasteiger partial charge in [-0.3, -0.25) is 9.78 Å². The number of hydrogen-bond donors (Lipinski definition) is 3. The fourth-order valence-electron chi connectivity index (χ4n) is 2.47. The van der Waals surface area contributed by atoms with Gasteiger partial charge in [-0.2, -0.15) is 0 Å². The second-order valence-electron chi connectivity index (χ2n) is 5.36. The number of aromatic amines is 1. The molecule has 0 fully saturated rings. The molecule has 2 aromatic heterocycles. The zero-order chi connectivity index (χ0) is 16.2. The average molecular weight is 329 g/mol. The van der Waals surface area contributed by atoms with Gasteiger partial charge in [-0.05, 0) is 36.2 Å². The number of amides is 1. The van der Waals surface area contributed by atoms with Crippen molar-refractivity contribution in [2.45, 2.75) is 12.8 Å². The van der Waals surface area contributed by atoms with E-state index in [4.69, 9.17) is 17.3 Å². The highest BCUT2D eigenvalue weighted by Gasteiger charge is 2.07.